The molecular weight excluding hydrogens is 203 g/mol. The molecule has 1 aromatic heterocycles. The zero-order valence-corrected chi connectivity index (χ0v) is 6.89. The van der Waals surface area contributed by atoms with Crippen LogP contribution in [0.15, 0.2) is 21.3 Å². The standard InChI is InChI=1S/C4H3BrS.BH2O2/c5-4-2-1-3-6-4;2-1-3/h1-3H;2-3H. The zero-order valence-electron chi connectivity index (χ0n) is 4.49. The summed E-state index contributed by atoms with van der Waals surface area (Å²) in [6.45, 7) is 0. The summed E-state index contributed by atoms with van der Waals surface area (Å²) in [4.78, 5) is 0. The summed E-state index contributed by atoms with van der Waals surface area (Å²) in [7, 11) is 0. The van der Waals surface area contributed by atoms with Crippen molar-refractivity contribution < 1.29 is 10.0 Å². The largest absolute Gasteiger partial charge is 0.482 e. The number of hydrogen-bond donors (Lipinski definition) is 2. The minimum Gasteiger partial charge on any atom is -0.429 e. The predicted molar refractivity (Wildman–Crippen MR) is 42.2 cm³/mol. The highest BCUT2D eigenvalue weighted by atomic mass is 79.9. The van der Waals surface area contributed by atoms with Gasteiger partial charge in [-0.1, -0.05) is 6.07 Å². The first-order valence-corrected chi connectivity index (χ1v) is 3.77. The highest BCUT2D eigenvalue weighted by Crippen LogP contribution is 2.14. The van der Waals surface area contributed by atoms with Crippen LogP contribution in [0.2, 0.25) is 0 Å². The minimum absolute atomic E-state index is 0. The molecule has 49 valence electrons. The van der Waals surface area contributed by atoms with E-state index < -0.39 is 0 Å². The molecule has 1 radical (unpaired) electrons. The fourth-order valence-corrected chi connectivity index (χ4v) is 1.18. The summed E-state index contributed by atoms with van der Waals surface area (Å²) in [6.07, 6.45) is 0. The second-order valence-electron chi connectivity index (χ2n) is 1.03. The lowest BCUT2D eigenvalue weighted by Crippen LogP contribution is -1.75. The Morgan fingerprint density at radius 3 is 2.22 bits per heavy atom. The van der Waals surface area contributed by atoms with E-state index in [0.29, 0.717) is 0 Å². The van der Waals surface area contributed by atoms with Crippen molar-refractivity contribution in [3.8, 4) is 0 Å². The number of halogens is 1. The van der Waals surface area contributed by atoms with Crippen LogP contribution in [-0.4, -0.2) is 17.7 Å². The summed E-state index contributed by atoms with van der Waals surface area (Å²) < 4.78 is 1.20. The van der Waals surface area contributed by atoms with Crippen LogP contribution >= 0.6 is 27.3 Å². The molecule has 1 heterocycles. The Kier molecular flexibility index (Phi) is 6.40. The van der Waals surface area contributed by atoms with E-state index in [9.17, 15) is 0 Å². The molecule has 1 rings (SSSR count). The topological polar surface area (TPSA) is 40.5 Å². The van der Waals surface area contributed by atoms with Crippen LogP contribution in [0.1, 0.15) is 0 Å². The van der Waals surface area contributed by atoms with Crippen molar-refractivity contribution >= 4 is 35.0 Å². The fraction of sp³-hybridized carbons (Fsp3) is 0. The van der Waals surface area contributed by atoms with Crippen LogP contribution < -0.4 is 0 Å². The molecule has 0 saturated carbocycles. The Morgan fingerprint density at radius 2 is 2.11 bits per heavy atom. The molecule has 0 bridgehead atoms. The van der Waals surface area contributed by atoms with Crippen LogP contribution in [0.4, 0.5) is 0 Å². The summed E-state index contributed by atoms with van der Waals surface area (Å²) in [5, 5.41) is 16.0. The third kappa shape index (κ3) is 6.04. The molecular formula is C4H5BBrO2S. The Hall–Kier alpha value is 0.165. The summed E-state index contributed by atoms with van der Waals surface area (Å²) >= 11 is 4.99. The first kappa shape index (κ1) is 9.16. The molecule has 0 spiro atoms. The smallest absolute Gasteiger partial charge is 0.429 e. The van der Waals surface area contributed by atoms with Crippen molar-refractivity contribution in [3.05, 3.63) is 21.3 Å². The van der Waals surface area contributed by atoms with Gasteiger partial charge in [-0.25, -0.2) is 0 Å². The SMILES string of the molecule is Brc1cccs1.O[B]O. The average Bonchev–Trinajstić information content (AvgIpc) is 2.20. The molecule has 0 aliphatic heterocycles. The molecule has 0 atom stereocenters. The summed E-state index contributed by atoms with van der Waals surface area (Å²) in [6, 6.07) is 4.03. The quantitative estimate of drug-likeness (QED) is 0.624. The second-order valence-corrected chi connectivity index (χ2v) is 3.36. The van der Waals surface area contributed by atoms with Gasteiger partial charge in [-0.05, 0) is 27.4 Å². The second kappa shape index (κ2) is 6.29. The van der Waals surface area contributed by atoms with Gasteiger partial charge in [0.05, 0.1) is 3.79 Å². The lowest BCUT2D eigenvalue weighted by atomic mass is 10.5. The third-order valence-electron chi connectivity index (χ3n) is 0.486. The van der Waals surface area contributed by atoms with Crippen molar-refractivity contribution in [2.45, 2.75) is 0 Å². The molecule has 0 unspecified atom stereocenters. The number of rotatable bonds is 0. The van der Waals surface area contributed by atoms with Crippen LogP contribution in [-0.2, 0) is 0 Å². The van der Waals surface area contributed by atoms with Crippen molar-refractivity contribution in [3.63, 3.8) is 0 Å². The van der Waals surface area contributed by atoms with Gasteiger partial charge in [0.1, 0.15) is 0 Å². The normalized spacial score (nSPS) is 7.44. The molecule has 0 fully saturated rings. The zero-order chi connectivity index (χ0) is 7.11. The van der Waals surface area contributed by atoms with Gasteiger partial charge in [-0.2, -0.15) is 0 Å². The van der Waals surface area contributed by atoms with Gasteiger partial charge in [-0.3, -0.25) is 0 Å². The first-order valence-electron chi connectivity index (χ1n) is 2.10. The molecule has 9 heavy (non-hydrogen) atoms. The molecule has 5 heteroatoms. The first-order chi connectivity index (χ1) is 4.31. The van der Waals surface area contributed by atoms with Crippen molar-refractivity contribution in [2.24, 2.45) is 0 Å². The molecule has 0 amide bonds. The van der Waals surface area contributed by atoms with E-state index in [0.717, 1.165) is 0 Å². The summed E-state index contributed by atoms with van der Waals surface area (Å²) in [5.41, 5.74) is 0. The Morgan fingerprint density at radius 1 is 1.56 bits per heavy atom. The van der Waals surface area contributed by atoms with Crippen LogP contribution in [0.3, 0.4) is 0 Å². The van der Waals surface area contributed by atoms with E-state index in [4.69, 9.17) is 10.0 Å². The van der Waals surface area contributed by atoms with Crippen molar-refractivity contribution in [1.29, 1.82) is 0 Å². The van der Waals surface area contributed by atoms with E-state index in [1.165, 1.54) is 3.79 Å². The monoisotopic (exact) mass is 207 g/mol. The van der Waals surface area contributed by atoms with E-state index in [1.54, 1.807) is 11.3 Å². The van der Waals surface area contributed by atoms with Gasteiger partial charge in [0.15, 0.2) is 0 Å². The molecule has 0 aliphatic carbocycles. The maximum absolute atomic E-state index is 7.00. The van der Waals surface area contributed by atoms with Gasteiger partial charge in [0, 0.05) is 0 Å². The highest BCUT2D eigenvalue weighted by molar-refractivity contribution is 9.11. The Labute approximate surface area is 66.6 Å². The third-order valence-corrected chi connectivity index (χ3v) is 1.97. The van der Waals surface area contributed by atoms with E-state index in [1.807, 2.05) is 17.5 Å². The summed E-state index contributed by atoms with van der Waals surface area (Å²) in [5.74, 6) is 0. The molecule has 0 aliphatic rings. The molecule has 2 nitrogen and oxygen atoms in total. The lowest BCUT2D eigenvalue weighted by molar-refractivity contribution is 0.448. The molecule has 0 saturated heterocycles. The van der Waals surface area contributed by atoms with Gasteiger partial charge in [0.2, 0.25) is 0 Å². The van der Waals surface area contributed by atoms with Crippen LogP contribution in [0.5, 0.6) is 0 Å². The van der Waals surface area contributed by atoms with Crippen LogP contribution in [0, 0.1) is 0 Å². The number of hydrogen-bond acceptors (Lipinski definition) is 3. The maximum Gasteiger partial charge on any atom is 0.482 e. The molecule has 1 aromatic rings. The van der Waals surface area contributed by atoms with Crippen molar-refractivity contribution in [1.82, 2.24) is 0 Å². The van der Waals surface area contributed by atoms with E-state index in [-0.39, 0.29) is 7.69 Å². The van der Waals surface area contributed by atoms with Gasteiger partial charge in [-0.15, -0.1) is 11.3 Å². The van der Waals surface area contributed by atoms with E-state index in [2.05, 4.69) is 15.9 Å². The lowest BCUT2D eigenvalue weighted by Gasteiger charge is -1.62. The van der Waals surface area contributed by atoms with Gasteiger partial charge >= 0.3 is 7.69 Å². The van der Waals surface area contributed by atoms with Gasteiger partial charge in [0.25, 0.3) is 0 Å². The number of thiophene rings is 1. The van der Waals surface area contributed by atoms with Crippen LogP contribution in [0.25, 0.3) is 0 Å². The fourth-order valence-electron chi connectivity index (χ4n) is 0.259. The minimum atomic E-state index is 0. The van der Waals surface area contributed by atoms with Crippen molar-refractivity contribution in [2.75, 3.05) is 0 Å². The average molecular weight is 208 g/mol. The molecule has 2 N–H and O–H groups in total. The maximum atomic E-state index is 7.00. The Bertz CT molecular complexity index is 133. The van der Waals surface area contributed by atoms with Gasteiger partial charge < -0.3 is 10.0 Å². The Balaban J connectivity index is 0.000000187. The predicted octanol–water partition coefficient (Wildman–Crippen LogP) is 1.02. The molecule has 0 aromatic carbocycles. The highest BCUT2D eigenvalue weighted by Gasteiger charge is 1.77. The van der Waals surface area contributed by atoms with E-state index >= 15 is 0 Å².